The number of benzene rings is 1. The van der Waals surface area contributed by atoms with Gasteiger partial charge in [0.15, 0.2) is 17.3 Å². The first-order valence-corrected chi connectivity index (χ1v) is 7.70. The number of carbonyl (C=O) groups excluding carboxylic acids is 2. The number of ketones is 1. The molecule has 0 aliphatic rings. The smallest absolute Gasteiger partial charge is 0.323 e. The summed E-state index contributed by atoms with van der Waals surface area (Å²) in [6.45, 7) is 3.55. The second kappa shape index (κ2) is 9.54. The highest BCUT2D eigenvalue weighted by Gasteiger charge is 2.14. The minimum atomic E-state index is -1.03. The van der Waals surface area contributed by atoms with E-state index >= 15 is 0 Å². The molecule has 0 aliphatic carbocycles. The molecule has 0 atom stereocenters. The minimum Gasteiger partial charge on any atom is -0.493 e. The summed E-state index contributed by atoms with van der Waals surface area (Å²) >= 11 is 0. The molecule has 1 amide bonds. The molecule has 0 unspecified atom stereocenters. The Balaban J connectivity index is 2.51. The lowest BCUT2D eigenvalue weighted by molar-refractivity contribution is -0.144. The van der Waals surface area contributed by atoms with E-state index in [2.05, 4.69) is 0 Å². The number of carboxylic acids is 1. The molecular formula is C17H23NO6. The van der Waals surface area contributed by atoms with E-state index in [0.29, 0.717) is 30.0 Å². The van der Waals surface area contributed by atoms with Crippen molar-refractivity contribution in [2.45, 2.75) is 26.7 Å². The van der Waals surface area contributed by atoms with Crippen molar-refractivity contribution in [3.8, 4) is 11.5 Å². The highest BCUT2D eigenvalue weighted by molar-refractivity contribution is 5.94. The predicted octanol–water partition coefficient (Wildman–Crippen LogP) is 1.99. The van der Waals surface area contributed by atoms with E-state index in [1.165, 1.54) is 18.9 Å². The molecule has 0 aliphatic heterocycles. The summed E-state index contributed by atoms with van der Waals surface area (Å²) < 4.78 is 10.8. The van der Waals surface area contributed by atoms with Crippen LogP contribution in [0.3, 0.4) is 0 Å². The lowest BCUT2D eigenvalue weighted by Gasteiger charge is -2.18. The molecule has 0 fully saturated rings. The fourth-order valence-corrected chi connectivity index (χ4v) is 2.11. The number of aliphatic carboxylic acids is 1. The highest BCUT2D eigenvalue weighted by Crippen LogP contribution is 2.28. The molecule has 1 N–H and O–H groups in total. The van der Waals surface area contributed by atoms with Gasteiger partial charge in [0.25, 0.3) is 0 Å². The second-order valence-corrected chi connectivity index (χ2v) is 5.18. The summed E-state index contributed by atoms with van der Waals surface area (Å²) in [6.07, 6.45) is 0.654. The van der Waals surface area contributed by atoms with E-state index in [9.17, 15) is 14.4 Å². The monoisotopic (exact) mass is 337 g/mol. The molecular weight excluding hydrogens is 314 g/mol. The van der Waals surface area contributed by atoms with Crippen LogP contribution < -0.4 is 9.47 Å². The summed E-state index contributed by atoms with van der Waals surface area (Å²) in [5.41, 5.74) is 0.529. The van der Waals surface area contributed by atoms with Crippen LogP contribution in [-0.4, -0.2) is 54.5 Å². The first kappa shape index (κ1) is 19.5. The van der Waals surface area contributed by atoms with Crippen molar-refractivity contribution in [2.75, 3.05) is 26.8 Å². The maximum Gasteiger partial charge on any atom is 0.323 e. The van der Waals surface area contributed by atoms with Crippen LogP contribution in [0, 0.1) is 0 Å². The Bertz CT molecular complexity index is 599. The number of nitrogens with zero attached hydrogens (tertiary/aromatic N) is 1. The van der Waals surface area contributed by atoms with Gasteiger partial charge in [-0.25, -0.2) is 0 Å². The van der Waals surface area contributed by atoms with Gasteiger partial charge in [0.1, 0.15) is 6.54 Å². The summed E-state index contributed by atoms with van der Waals surface area (Å²) in [7, 11) is 1.49. The number of rotatable bonds is 10. The molecule has 132 valence electrons. The normalized spacial score (nSPS) is 10.1. The summed E-state index contributed by atoms with van der Waals surface area (Å²) in [4.78, 5) is 35.2. The van der Waals surface area contributed by atoms with Crippen LogP contribution in [0.25, 0.3) is 0 Å². The van der Waals surface area contributed by atoms with Crippen LogP contribution in [-0.2, 0) is 9.59 Å². The molecule has 1 aromatic carbocycles. The summed E-state index contributed by atoms with van der Waals surface area (Å²) in [5.74, 6) is -0.370. The standard InChI is InChI=1S/C17H23NO6/c1-4-18(11-17(21)22)16(20)6-5-9-24-14-8-7-13(12(2)19)10-15(14)23-3/h7-8,10H,4-6,9,11H2,1-3H3,(H,21,22). The van der Waals surface area contributed by atoms with Crippen molar-refractivity contribution < 1.29 is 29.0 Å². The Kier molecular flexibility index (Phi) is 7.74. The molecule has 0 radical (unpaired) electrons. The Morgan fingerprint density at radius 3 is 2.46 bits per heavy atom. The molecule has 0 saturated heterocycles. The Hall–Kier alpha value is -2.57. The number of hydrogen-bond donors (Lipinski definition) is 1. The molecule has 0 heterocycles. The summed E-state index contributed by atoms with van der Waals surface area (Å²) in [5, 5.41) is 8.75. The van der Waals surface area contributed by atoms with Gasteiger partial charge >= 0.3 is 5.97 Å². The highest BCUT2D eigenvalue weighted by atomic mass is 16.5. The molecule has 0 bridgehead atoms. The van der Waals surface area contributed by atoms with Gasteiger partial charge < -0.3 is 19.5 Å². The first-order chi connectivity index (χ1) is 11.4. The Labute approximate surface area is 141 Å². The lowest BCUT2D eigenvalue weighted by atomic mass is 10.1. The quantitative estimate of drug-likeness (QED) is 0.518. The number of amides is 1. The van der Waals surface area contributed by atoms with Crippen molar-refractivity contribution in [1.82, 2.24) is 4.90 Å². The van der Waals surface area contributed by atoms with Gasteiger partial charge in [0, 0.05) is 18.5 Å². The minimum absolute atomic E-state index is 0.0662. The van der Waals surface area contributed by atoms with Crippen molar-refractivity contribution in [2.24, 2.45) is 0 Å². The van der Waals surface area contributed by atoms with Gasteiger partial charge in [0.2, 0.25) is 5.91 Å². The third-order valence-electron chi connectivity index (χ3n) is 3.42. The zero-order chi connectivity index (χ0) is 18.1. The van der Waals surface area contributed by atoms with E-state index < -0.39 is 5.97 Å². The van der Waals surface area contributed by atoms with Crippen LogP contribution in [0.15, 0.2) is 18.2 Å². The number of carboxylic acid groups (broad SMARTS) is 1. The number of methoxy groups -OCH3 is 1. The average molecular weight is 337 g/mol. The lowest BCUT2D eigenvalue weighted by Crippen LogP contribution is -2.35. The van der Waals surface area contributed by atoms with Gasteiger partial charge in [-0.05, 0) is 38.5 Å². The van der Waals surface area contributed by atoms with Gasteiger partial charge in [-0.3, -0.25) is 14.4 Å². The van der Waals surface area contributed by atoms with Gasteiger partial charge in [-0.1, -0.05) is 0 Å². The number of Topliss-reactive ketones (excluding diaryl/α,β-unsaturated/α-hetero) is 1. The van der Waals surface area contributed by atoms with E-state index in [-0.39, 0.29) is 31.3 Å². The van der Waals surface area contributed by atoms with Crippen molar-refractivity contribution >= 4 is 17.7 Å². The van der Waals surface area contributed by atoms with Crippen LogP contribution in [0.2, 0.25) is 0 Å². The fourth-order valence-electron chi connectivity index (χ4n) is 2.11. The van der Waals surface area contributed by atoms with E-state index in [0.717, 1.165) is 0 Å². The van der Waals surface area contributed by atoms with Crippen LogP contribution in [0.4, 0.5) is 0 Å². The van der Waals surface area contributed by atoms with Gasteiger partial charge in [0.05, 0.1) is 13.7 Å². The van der Waals surface area contributed by atoms with Gasteiger partial charge in [-0.2, -0.15) is 0 Å². The zero-order valence-corrected chi connectivity index (χ0v) is 14.2. The maximum atomic E-state index is 11.9. The number of ether oxygens (including phenoxy) is 2. The number of likely N-dealkylation sites (N-methyl/N-ethyl adjacent to an activating group) is 1. The van der Waals surface area contributed by atoms with E-state index in [1.54, 1.807) is 25.1 Å². The third kappa shape index (κ3) is 5.91. The van der Waals surface area contributed by atoms with Crippen LogP contribution >= 0.6 is 0 Å². The van der Waals surface area contributed by atoms with Crippen molar-refractivity contribution in [3.63, 3.8) is 0 Å². The van der Waals surface area contributed by atoms with Gasteiger partial charge in [-0.15, -0.1) is 0 Å². The molecule has 1 aromatic rings. The molecule has 0 saturated carbocycles. The van der Waals surface area contributed by atoms with E-state index in [4.69, 9.17) is 14.6 Å². The molecule has 7 heteroatoms. The molecule has 1 rings (SSSR count). The summed E-state index contributed by atoms with van der Waals surface area (Å²) in [6, 6.07) is 4.91. The number of carbonyl (C=O) groups is 3. The first-order valence-electron chi connectivity index (χ1n) is 7.70. The molecule has 24 heavy (non-hydrogen) atoms. The maximum absolute atomic E-state index is 11.9. The Morgan fingerprint density at radius 1 is 1.21 bits per heavy atom. The van der Waals surface area contributed by atoms with Crippen LogP contribution in [0.5, 0.6) is 11.5 Å². The molecule has 0 spiro atoms. The third-order valence-corrected chi connectivity index (χ3v) is 3.42. The molecule has 7 nitrogen and oxygen atoms in total. The number of hydrogen-bond acceptors (Lipinski definition) is 5. The fraction of sp³-hybridized carbons (Fsp3) is 0.471. The SMILES string of the molecule is CCN(CC(=O)O)C(=O)CCCOc1ccc(C(C)=O)cc1OC. The van der Waals surface area contributed by atoms with Crippen molar-refractivity contribution in [1.29, 1.82) is 0 Å². The van der Waals surface area contributed by atoms with E-state index in [1.807, 2.05) is 0 Å². The predicted molar refractivity (Wildman–Crippen MR) is 87.6 cm³/mol. The average Bonchev–Trinajstić information content (AvgIpc) is 2.55. The Morgan fingerprint density at radius 2 is 1.92 bits per heavy atom. The zero-order valence-electron chi connectivity index (χ0n) is 14.2. The van der Waals surface area contributed by atoms with Crippen LogP contribution in [0.1, 0.15) is 37.0 Å². The topological polar surface area (TPSA) is 93.1 Å². The molecule has 0 aromatic heterocycles. The van der Waals surface area contributed by atoms with Crippen molar-refractivity contribution in [3.05, 3.63) is 23.8 Å². The largest absolute Gasteiger partial charge is 0.493 e. The second-order valence-electron chi connectivity index (χ2n) is 5.18.